The van der Waals surface area contributed by atoms with Crippen LogP contribution in [0, 0.1) is 6.92 Å². The molecule has 82 valence electrons. The first kappa shape index (κ1) is 10.9. The number of aryl methyl sites for hydroxylation is 1. The quantitative estimate of drug-likeness (QED) is 0.823. The smallest absolute Gasteiger partial charge is 0.223 e. The molecule has 2 aromatic rings. The van der Waals surface area contributed by atoms with E-state index in [0.29, 0.717) is 5.95 Å². The zero-order chi connectivity index (χ0) is 11.4. The van der Waals surface area contributed by atoms with Crippen LogP contribution in [0.1, 0.15) is 5.56 Å². The molecule has 0 amide bonds. The van der Waals surface area contributed by atoms with Gasteiger partial charge >= 0.3 is 0 Å². The summed E-state index contributed by atoms with van der Waals surface area (Å²) in [6.45, 7) is 2.00. The Hall–Kier alpha value is -1.62. The van der Waals surface area contributed by atoms with Gasteiger partial charge in [-0.25, -0.2) is 9.97 Å². The molecule has 2 heterocycles. The van der Waals surface area contributed by atoms with Crippen molar-refractivity contribution >= 4 is 17.7 Å². The van der Waals surface area contributed by atoms with Crippen LogP contribution in [-0.4, -0.2) is 22.0 Å². The summed E-state index contributed by atoms with van der Waals surface area (Å²) in [7, 11) is 1.81. The van der Waals surface area contributed by atoms with Crippen molar-refractivity contribution in [1.29, 1.82) is 0 Å². The normalized spacial score (nSPS) is 10.1. The Kier molecular flexibility index (Phi) is 3.36. The van der Waals surface area contributed by atoms with Crippen LogP contribution in [0.3, 0.4) is 0 Å². The van der Waals surface area contributed by atoms with E-state index in [0.717, 1.165) is 15.5 Å². The molecule has 0 unspecified atom stereocenters. The van der Waals surface area contributed by atoms with Crippen LogP contribution in [0.25, 0.3) is 0 Å². The van der Waals surface area contributed by atoms with Crippen molar-refractivity contribution < 1.29 is 0 Å². The highest BCUT2D eigenvalue weighted by Gasteiger charge is 2.04. The number of hydrogen-bond acceptors (Lipinski definition) is 5. The van der Waals surface area contributed by atoms with Crippen LogP contribution in [0.5, 0.6) is 0 Å². The van der Waals surface area contributed by atoms with E-state index in [1.165, 1.54) is 0 Å². The van der Waals surface area contributed by atoms with Gasteiger partial charge in [0.25, 0.3) is 0 Å². The zero-order valence-electron chi connectivity index (χ0n) is 9.14. The molecule has 0 saturated heterocycles. The van der Waals surface area contributed by atoms with Crippen LogP contribution < -0.4 is 5.32 Å². The van der Waals surface area contributed by atoms with Crippen molar-refractivity contribution in [3.05, 3.63) is 36.3 Å². The highest BCUT2D eigenvalue weighted by Crippen LogP contribution is 2.28. The Morgan fingerprint density at radius 1 is 1.25 bits per heavy atom. The van der Waals surface area contributed by atoms with Crippen LogP contribution in [0.4, 0.5) is 5.95 Å². The third kappa shape index (κ3) is 2.49. The molecule has 0 aromatic carbocycles. The molecule has 5 heteroatoms. The van der Waals surface area contributed by atoms with Gasteiger partial charge < -0.3 is 5.32 Å². The Labute approximate surface area is 98.6 Å². The molecular weight excluding hydrogens is 220 g/mol. The molecule has 0 spiro atoms. The lowest BCUT2D eigenvalue weighted by Gasteiger charge is -2.05. The number of aromatic nitrogens is 3. The van der Waals surface area contributed by atoms with Crippen LogP contribution >= 0.6 is 11.8 Å². The second-order valence-electron chi connectivity index (χ2n) is 3.22. The second kappa shape index (κ2) is 4.94. The molecule has 16 heavy (non-hydrogen) atoms. The van der Waals surface area contributed by atoms with Gasteiger partial charge in [-0.2, -0.15) is 0 Å². The predicted octanol–water partition coefficient (Wildman–Crippen LogP) is 2.37. The summed E-state index contributed by atoms with van der Waals surface area (Å²) < 4.78 is 0. The van der Waals surface area contributed by atoms with E-state index in [1.807, 2.05) is 32.3 Å². The first-order chi connectivity index (χ1) is 7.79. The molecule has 0 radical (unpaired) electrons. The molecular formula is C11H12N4S. The lowest BCUT2D eigenvalue weighted by Crippen LogP contribution is -1.98. The number of nitrogens with zero attached hydrogens (tertiary/aromatic N) is 3. The summed E-state index contributed by atoms with van der Waals surface area (Å²) in [5.74, 6) is 0.641. The number of hydrogen-bond donors (Lipinski definition) is 1. The minimum absolute atomic E-state index is 0.641. The molecule has 1 N–H and O–H groups in total. The van der Waals surface area contributed by atoms with Crippen molar-refractivity contribution in [3.8, 4) is 0 Å². The topological polar surface area (TPSA) is 50.7 Å². The Morgan fingerprint density at radius 3 is 2.69 bits per heavy atom. The summed E-state index contributed by atoms with van der Waals surface area (Å²) in [6.07, 6.45) is 5.37. The molecule has 2 rings (SSSR count). The fourth-order valence-electron chi connectivity index (χ4n) is 1.17. The standard InChI is InChI=1S/C11H12N4S/c1-8-7-14-11(12-2)15-10(8)16-9-3-5-13-6-4-9/h3-7H,1-2H3,(H,12,14,15). The van der Waals surface area contributed by atoms with Crippen molar-refractivity contribution in [1.82, 2.24) is 15.0 Å². The number of anilines is 1. The highest BCUT2D eigenvalue weighted by molar-refractivity contribution is 7.99. The number of pyridine rings is 1. The summed E-state index contributed by atoms with van der Waals surface area (Å²) in [4.78, 5) is 13.7. The van der Waals surface area contributed by atoms with Crippen LogP contribution in [0.15, 0.2) is 40.6 Å². The Bertz CT molecular complexity index is 473. The maximum Gasteiger partial charge on any atom is 0.223 e. The summed E-state index contributed by atoms with van der Waals surface area (Å²) >= 11 is 1.61. The van der Waals surface area contributed by atoms with E-state index in [1.54, 1.807) is 24.2 Å². The van der Waals surface area contributed by atoms with Gasteiger partial charge in [-0.1, -0.05) is 11.8 Å². The SMILES string of the molecule is CNc1ncc(C)c(Sc2ccncc2)n1. The lowest BCUT2D eigenvalue weighted by atomic mass is 10.4. The largest absolute Gasteiger partial charge is 0.357 e. The zero-order valence-corrected chi connectivity index (χ0v) is 9.95. The minimum Gasteiger partial charge on any atom is -0.357 e. The first-order valence-electron chi connectivity index (χ1n) is 4.89. The van der Waals surface area contributed by atoms with Gasteiger partial charge in [-0.05, 0) is 19.1 Å². The monoisotopic (exact) mass is 232 g/mol. The average molecular weight is 232 g/mol. The Balaban J connectivity index is 2.27. The summed E-state index contributed by atoms with van der Waals surface area (Å²) in [5, 5.41) is 3.90. The molecule has 0 bridgehead atoms. The van der Waals surface area contributed by atoms with Gasteiger partial charge in [0.1, 0.15) is 5.03 Å². The minimum atomic E-state index is 0.641. The molecule has 0 saturated carbocycles. The first-order valence-corrected chi connectivity index (χ1v) is 5.70. The van der Waals surface area contributed by atoms with Crippen molar-refractivity contribution in [2.45, 2.75) is 16.8 Å². The fraction of sp³-hybridized carbons (Fsp3) is 0.182. The van der Waals surface area contributed by atoms with E-state index < -0.39 is 0 Å². The second-order valence-corrected chi connectivity index (χ2v) is 4.28. The highest BCUT2D eigenvalue weighted by atomic mass is 32.2. The van der Waals surface area contributed by atoms with E-state index in [-0.39, 0.29) is 0 Å². The van der Waals surface area contributed by atoms with E-state index >= 15 is 0 Å². The van der Waals surface area contributed by atoms with Gasteiger partial charge in [-0.3, -0.25) is 4.98 Å². The maximum atomic E-state index is 4.41. The number of nitrogens with one attached hydrogen (secondary N) is 1. The molecule has 2 aromatic heterocycles. The van der Waals surface area contributed by atoms with Gasteiger partial charge in [0.2, 0.25) is 5.95 Å². The molecule has 0 aliphatic heterocycles. The molecule has 0 aliphatic carbocycles. The van der Waals surface area contributed by atoms with Crippen LogP contribution in [-0.2, 0) is 0 Å². The Morgan fingerprint density at radius 2 is 2.00 bits per heavy atom. The van der Waals surface area contributed by atoms with Crippen molar-refractivity contribution in [2.24, 2.45) is 0 Å². The van der Waals surface area contributed by atoms with Gasteiger partial charge in [0.05, 0.1) is 0 Å². The molecule has 0 aliphatic rings. The fourth-order valence-corrected chi connectivity index (χ4v) is 1.99. The van der Waals surface area contributed by atoms with Crippen molar-refractivity contribution in [2.75, 3.05) is 12.4 Å². The van der Waals surface area contributed by atoms with E-state index in [4.69, 9.17) is 0 Å². The molecule has 4 nitrogen and oxygen atoms in total. The molecule has 0 fully saturated rings. The van der Waals surface area contributed by atoms with Gasteiger partial charge in [0, 0.05) is 36.1 Å². The lowest BCUT2D eigenvalue weighted by molar-refractivity contribution is 1.00. The van der Waals surface area contributed by atoms with Gasteiger partial charge in [-0.15, -0.1) is 0 Å². The number of rotatable bonds is 3. The predicted molar refractivity (Wildman–Crippen MR) is 64.7 cm³/mol. The third-order valence-corrected chi connectivity index (χ3v) is 3.13. The maximum absolute atomic E-state index is 4.41. The molecule has 0 atom stereocenters. The third-order valence-electron chi connectivity index (χ3n) is 2.01. The van der Waals surface area contributed by atoms with E-state index in [9.17, 15) is 0 Å². The van der Waals surface area contributed by atoms with Crippen LogP contribution in [0.2, 0.25) is 0 Å². The van der Waals surface area contributed by atoms with Gasteiger partial charge in [0.15, 0.2) is 0 Å². The summed E-state index contributed by atoms with van der Waals surface area (Å²) in [6, 6.07) is 3.93. The summed E-state index contributed by atoms with van der Waals surface area (Å²) in [5.41, 5.74) is 1.07. The van der Waals surface area contributed by atoms with E-state index in [2.05, 4.69) is 20.3 Å². The van der Waals surface area contributed by atoms with Crippen molar-refractivity contribution in [3.63, 3.8) is 0 Å². The average Bonchev–Trinajstić information content (AvgIpc) is 2.33.